The molecule has 160 valence electrons. The molecule has 0 saturated carbocycles. The second-order valence-corrected chi connectivity index (χ2v) is 7.42. The van der Waals surface area contributed by atoms with Crippen LogP contribution >= 0.6 is 11.6 Å². The first-order valence-corrected chi connectivity index (χ1v) is 10.1. The van der Waals surface area contributed by atoms with Gasteiger partial charge in [-0.2, -0.15) is 0 Å². The number of hydrogen-bond donors (Lipinski definition) is 1. The summed E-state index contributed by atoms with van der Waals surface area (Å²) in [6.45, 7) is -0.604. The third-order valence-electron chi connectivity index (χ3n) is 4.85. The molecule has 1 N–H and O–H groups in total. The van der Waals surface area contributed by atoms with Crippen molar-refractivity contribution < 1.29 is 19.1 Å². The van der Waals surface area contributed by atoms with Crippen molar-refractivity contribution in [2.45, 2.75) is 0 Å². The number of carbonyl (C=O) groups excluding carboxylic acids is 3. The number of nitrogens with one attached hydrogen (secondary N) is 1. The van der Waals surface area contributed by atoms with E-state index in [-0.39, 0.29) is 5.56 Å². The Morgan fingerprint density at radius 2 is 1.78 bits per heavy atom. The number of aromatic nitrogens is 2. The molecule has 0 unspecified atom stereocenters. The monoisotopic (exact) mass is 447 g/mol. The van der Waals surface area contributed by atoms with E-state index in [2.05, 4.69) is 10.3 Å². The van der Waals surface area contributed by atoms with Crippen molar-refractivity contribution >= 4 is 40.3 Å². The third-order valence-corrected chi connectivity index (χ3v) is 5.18. The second kappa shape index (κ2) is 9.03. The lowest BCUT2D eigenvalue weighted by atomic mass is 10.0. The van der Waals surface area contributed by atoms with Gasteiger partial charge in [-0.1, -0.05) is 48.0 Å². The van der Waals surface area contributed by atoms with Gasteiger partial charge < -0.3 is 9.30 Å². The highest BCUT2D eigenvalue weighted by Crippen LogP contribution is 2.30. The number of fused-ring (bicyclic) bond motifs is 1. The SMILES string of the molecule is Cn1cccc1C(=O)NC(=O)COC(=O)c1cc(-c2ccccc2Cl)nc2ccccc12. The van der Waals surface area contributed by atoms with Crippen molar-refractivity contribution in [3.8, 4) is 11.3 Å². The van der Waals surface area contributed by atoms with Crippen molar-refractivity contribution in [2.75, 3.05) is 6.61 Å². The molecule has 0 radical (unpaired) electrons. The van der Waals surface area contributed by atoms with E-state index in [9.17, 15) is 14.4 Å². The Morgan fingerprint density at radius 1 is 1.03 bits per heavy atom. The van der Waals surface area contributed by atoms with Crippen LogP contribution in [0.2, 0.25) is 5.02 Å². The van der Waals surface area contributed by atoms with Gasteiger partial charge in [-0.05, 0) is 30.3 Å². The number of benzene rings is 2. The minimum Gasteiger partial charge on any atom is -0.452 e. The molecule has 0 fully saturated rings. The average molecular weight is 448 g/mol. The molecule has 4 aromatic rings. The molecule has 0 bridgehead atoms. The van der Waals surface area contributed by atoms with Crippen molar-refractivity contribution in [3.05, 3.63) is 89.2 Å². The molecule has 0 aliphatic rings. The normalized spacial score (nSPS) is 10.7. The molecule has 0 saturated heterocycles. The number of hydrogen-bond acceptors (Lipinski definition) is 5. The number of pyridine rings is 1. The summed E-state index contributed by atoms with van der Waals surface area (Å²) >= 11 is 6.30. The van der Waals surface area contributed by atoms with E-state index in [1.807, 2.05) is 12.1 Å². The molecule has 7 nitrogen and oxygen atoms in total. The largest absolute Gasteiger partial charge is 0.452 e. The number of ether oxygens (including phenoxy) is 1. The molecular formula is C24H18ClN3O4. The summed E-state index contributed by atoms with van der Waals surface area (Å²) in [5.74, 6) is -2.01. The molecule has 0 spiro atoms. The Labute approximate surface area is 188 Å². The van der Waals surface area contributed by atoms with Crippen LogP contribution in [0, 0.1) is 0 Å². The third kappa shape index (κ3) is 4.38. The van der Waals surface area contributed by atoms with Crippen LogP contribution in [0.15, 0.2) is 72.9 Å². The zero-order valence-electron chi connectivity index (χ0n) is 17.0. The summed E-state index contributed by atoms with van der Waals surface area (Å²) in [5.41, 5.74) is 2.31. The summed E-state index contributed by atoms with van der Waals surface area (Å²) in [6.07, 6.45) is 1.69. The lowest BCUT2D eigenvalue weighted by Gasteiger charge is -2.11. The smallest absolute Gasteiger partial charge is 0.339 e. The van der Waals surface area contributed by atoms with Crippen molar-refractivity contribution in [2.24, 2.45) is 7.05 Å². The highest BCUT2D eigenvalue weighted by Gasteiger charge is 2.19. The predicted octanol–water partition coefficient (Wildman–Crippen LogP) is 4.01. The van der Waals surface area contributed by atoms with Crippen LogP contribution in [0.4, 0.5) is 0 Å². The Bertz CT molecular complexity index is 1350. The summed E-state index contributed by atoms with van der Waals surface area (Å²) in [6, 6.07) is 19.1. The number of nitrogens with zero attached hydrogens (tertiary/aromatic N) is 2. The van der Waals surface area contributed by atoms with E-state index in [0.717, 1.165) is 0 Å². The maximum atomic E-state index is 12.8. The zero-order chi connectivity index (χ0) is 22.7. The Kier molecular flexibility index (Phi) is 6.00. The van der Waals surface area contributed by atoms with Gasteiger partial charge in [-0.25, -0.2) is 9.78 Å². The van der Waals surface area contributed by atoms with E-state index in [0.29, 0.717) is 32.9 Å². The number of halogens is 1. The molecular weight excluding hydrogens is 430 g/mol. The van der Waals surface area contributed by atoms with E-state index >= 15 is 0 Å². The fraction of sp³-hybridized carbons (Fsp3) is 0.0833. The van der Waals surface area contributed by atoms with Gasteiger partial charge in [0.25, 0.3) is 11.8 Å². The van der Waals surface area contributed by atoms with E-state index in [1.165, 1.54) is 0 Å². The van der Waals surface area contributed by atoms with Crippen LogP contribution in [0.5, 0.6) is 0 Å². The lowest BCUT2D eigenvalue weighted by molar-refractivity contribution is -0.123. The van der Waals surface area contributed by atoms with E-state index in [1.54, 1.807) is 72.4 Å². The number of amides is 2. The van der Waals surface area contributed by atoms with Crippen molar-refractivity contribution in [1.82, 2.24) is 14.9 Å². The molecule has 4 rings (SSSR count). The van der Waals surface area contributed by atoms with Gasteiger partial charge in [0, 0.05) is 29.2 Å². The fourth-order valence-electron chi connectivity index (χ4n) is 3.28. The number of aryl methyl sites for hydroxylation is 1. The molecule has 32 heavy (non-hydrogen) atoms. The number of rotatable bonds is 5. The van der Waals surface area contributed by atoms with Gasteiger partial charge in [0.2, 0.25) is 0 Å². The lowest BCUT2D eigenvalue weighted by Crippen LogP contribution is -2.35. The van der Waals surface area contributed by atoms with Gasteiger partial charge in [0.1, 0.15) is 5.69 Å². The Morgan fingerprint density at radius 3 is 2.53 bits per heavy atom. The summed E-state index contributed by atoms with van der Waals surface area (Å²) in [4.78, 5) is 41.7. The number of esters is 1. The molecule has 2 aromatic carbocycles. The Balaban J connectivity index is 1.55. The molecule has 0 aliphatic carbocycles. The highest BCUT2D eigenvalue weighted by atomic mass is 35.5. The quantitative estimate of drug-likeness (QED) is 0.467. The molecule has 2 aromatic heterocycles. The summed E-state index contributed by atoms with van der Waals surface area (Å²) in [5, 5.41) is 3.28. The summed E-state index contributed by atoms with van der Waals surface area (Å²) in [7, 11) is 1.69. The molecule has 2 heterocycles. The predicted molar refractivity (Wildman–Crippen MR) is 120 cm³/mol. The van der Waals surface area contributed by atoms with Gasteiger partial charge in [0.05, 0.1) is 16.8 Å². The maximum absolute atomic E-state index is 12.8. The fourth-order valence-corrected chi connectivity index (χ4v) is 3.52. The molecule has 0 atom stereocenters. The number of para-hydroxylation sites is 1. The molecule has 2 amide bonds. The standard InChI is InChI=1S/C24H18ClN3O4/c1-28-12-6-11-21(28)23(30)27-22(29)14-32-24(31)17-13-20(16-8-2-4-9-18(16)25)26-19-10-5-3-7-15(17)19/h2-13H,14H2,1H3,(H,27,29,30). The minimum absolute atomic E-state index is 0.243. The van der Waals surface area contributed by atoms with Gasteiger partial charge in [0.15, 0.2) is 6.61 Å². The number of carbonyl (C=O) groups is 3. The topological polar surface area (TPSA) is 90.3 Å². The van der Waals surface area contributed by atoms with Crippen LogP contribution in [0.3, 0.4) is 0 Å². The Hall–Kier alpha value is -3.97. The van der Waals surface area contributed by atoms with Crippen LogP contribution in [0.1, 0.15) is 20.8 Å². The van der Waals surface area contributed by atoms with Gasteiger partial charge >= 0.3 is 5.97 Å². The first kappa shape index (κ1) is 21.3. The first-order chi connectivity index (χ1) is 15.4. The van der Waals surface area contributed by atoms with Crippen molar-refractivity contribution in [1.29, 1.82) is 0 Å². The zero-order valence-corrected chi connectivity index (χ0v) is 17.8. The second-order valence-electron chi connectivity index (χ2n) is 7.01. The molecule has 8 heteroatoms. The van der Waals surface area contributed by atoms with Crippen LogP contribution in [0.25, 0.3) is 22.2 Å². The maximum Gasteiger partial charge on any atom is 0.339 e. The van der Waals surface area contributed by atoms with Crippen LogP contribution in [-0.4, -0.2) is 33.9 Å². The minimum atomic E-state index is -0.728. The van der Waals surface area contributed by atoms with Gasteiger partial charge in [-0.15, -0.1) is 0 Å². The number of imide groups is 1. The average Bonchev–Trinajstić information content (AvgIpc) is 3.23. The summed E-state index contributed by atoms with van der Waals surface area (Å²) < 4.78 is 6.77. The van der Waals surface area contributed by atoms with E-state index in [4.69, 9.17) is 16.3 Å². The van der Waals surface area contributed by atoms with Crippen molar-refractivity contribution in [3.63, 3.8) is 0 Å². The first-order valence-electron chi connectivity index (χ1n) is 9.71. The van der Waals surface area contributed by atoms with Crippen LogP contribution < -0.4 is 5.32 Å². The van der Waals surface area contributed by atoms with E-state index < -0.39 is 24.4 Å². The highest BCUT2D eigenvalue weighted by molar-refractivity contribution is 6.33. The van der Waals surface area contributed by atoms with Gasteiger partial charge in [-0.3, -0.25) is 14.9 Å². The van der Waals surface area contributed by atoms with Crippen LogP contribution in [-0.2, 0) is 16.6 Å². The molecule has 0 aliphatic heterocycles.